The van der Waals surface area contributed by atoms with Crippen LogP contribution in [-0.4, -0.2) is 26.3 Å². The van der Waals surface area contributed by atoms with Gasteiger partial charge in [-0.15, -0.1) is 11.3 Å². The number of aromatic nitrogens is 3. The largest absolute Gasteiger partial charge is 0.337 e. The van der Waals surface area contributed by atoms with Crippen molar-refractivity contribution in [3.05, 3.63) is 80.0 Å². The molecule has 9 heteroatoms. The third-order valence-electron chi connectivity index (χ3n) is 5.15. The number of amides is 1. The predicted octanol–water partition coefficient (Wildman–Crippen LogP) is 3.89. The summed E-state index contributed by atoms with van der Waals surface area (Å²) < 4.78 is 3.40. The second-order valence-electron chi connectivity index (χ2n) is 7.50. The molecule has 0 fully saturated rings. The van der Waals surface area contributed by atoms with Gasteiger partial charge in [-0.1, -0.05) is 47.7 Å². The first-order chi connectivity index (χ1) is 15.3. The highest BCUT2D eigenvalue weighted by atomic mass is 32.2. The lowest BCUT2D eigenvalue weighted by molar-refractivity contribution is -0.116. The Morgan fingerprint density at radius 3 is 2.53 bits per heavy atom. The molecule has 32 heavy (non-hydrogen) atoms. The molecule has 164 valence electrons. The Morgan fingerprint density at radius 1 is 1.09 bits per heavy atom. The molecule has 0 saturated carbocycles. The number of thiazole rings is 1. The van der Waals surface area contributed by atoms with Crippen LogP contribution in [0.2, 0.25) is 0 Å². The number of nitrogens with one attached hydrogen (secondary N) is 1. The number of aryl methyl sites for hydroxylation is 3. The highest BCUT2D eigenvalue weighted by molar-refractivity contribution is 8.00. The number of fused-ring (bicyclic) bond motifs is 1. The average Bonchev–Trinajstić information content (AvgIpc) is 3.19. The second-order valence-corrected chi connectivity index (χ2v) is 9.55. The van der Waals surface area contributed by atoms with E-state index in [-0.39, 0.29) is 18.1 Å². The third-order valence-corrected chi connectivity index (χ3v) is 7.17. The van der Waals surface area contributed by atoms with Gasteiger partial charge in [0.05, 0.1) is 5.69 Å². The molecule has 0 unspecified atom stereocenters. The minimum absolute atomic E-state index is 0.231. The number of carbonyl (C=O) groups is 1. The second kappa shape index (κ2) is 8.76. The standard InChI is InChI=1S/C23H22N4O3S2/c1-13-9-10-16(15(3)11-13)24-18(28)12-26-20-19(32-22(25-20)31-4)21(29)27(23(26)30)17-8-6-5-7-14(17)2/h5-11H,12H2,1-4H3,(H,24,28). The van der Waals surface area contributed by atoms with Crippen molar-refractivity contribution in [2.75, 3.05) is 11.6 Å². The van der Waals surface area contributed by atoms with Gasteiger partial charge in [0.25, 0.3) is 5.56 Å². The van der Waals surface area contributed by atoms with Gasteiger partial charge in [-0.2, -0.15) is 0 Å². The molecule has 2 heterocycles. The maximum Gasteiger partial charge on any atom is 0.337 e. The van der Waals surface area contributed by atoms with E-state index in [4.69, 9.17) is 0 Å². The monoisotopic (exact) mass is 466 g/mol. The molecule has 4 rings (SSSR count). The van der Waals surface area contributed by atoms with E-state index >= 15 is 0 Å². The molecule has 1 amide bonds. The molecule has 1 N–H and O–H groups in total. The van der Waals surface area contributed by atoms with Gasteiger partial charge in [-0.05, 0) is 50.3 Å². The number of anilines is 1. The number of carbonyl (C=O) groups excluding carboxylic acids is 1. The van der Waals surface area contributed by atoms with Crippen molar-refractivity contribution in [3.8, 4) is 5.69 Å². The van der Waals surface area contributed by atoms with Crippen LogP contribution < -0.4 is 16.6 Å². The number of rotatable bonds is 5. The van der Waals surface area contributed by atoms with Crippen LogP contribution in [0.25, 0.3) is 16.0 Å². The highest BCUT2D eigenvalue weighted by Crippen LogP contribution is 2.26. The van der Waals surface area contributed by atoms with E-state index in [0.717, 1.165) is 21.3 Å². The van der Waals surface area contributed by atoms with Gasteiger partial charge in [0.1, 0.15) is 11.2 Å². The molecule has 0 aliphatic rings. The van der Waals surface area contributed by atoms with E-state index in [0.29, 0.717) is 20.4 Å². The third kappa shape index (κ3) is 4.01. The topological polar surface area (TPSA) is 86.0 Å². The van der Waals surface area contributed by atoms with E-state index in [1.165, 1.54) is 27.7 Å². The first kappa shape index (κ1) is 22.0. The van der Waals surface area contributed by atoms with Crippen LogP contribution in [-0.2, 0) is 11.3 Å². The SMILES string of the molecule is CSc1nc2c(s1)c(=O)n(-c1ccccc1C)c(=O)n2CC(=O)Nc1ccc(C)cc1C. The van der Waals surface area contributed by atoms with Crippen LogP contribution in [0.1, 0.15) is 16.7 Å². The molecule has 0 radical (unpaired) electrons. The van der Waals surface area contributed by atoms with E-state index in [9.17, 15) is 14.4 Å². The summed E-state index contributed by atoms with van der Waals surface area (Å²) in [7, 11) is 0. The summed E-state index contributed by atoms with van der Waals surface area (Å²) in [6, 6.07) is 12.9. The number of nitrogens with zero attached hydrogens (tertiary/aromatic N) is 3. The molecule has 0 atom stereocenters. The summed E-state index contributed by atoms with van der Waals surface area (Å²) in [5.41, 5.74) is 3.19. The maximum atomic E-state index is 13.5. The Balaban J connectivity index is 1.85. The van der Waals surface area contributed by atoms with Crippen molar-refractivity contribution >= 4 is 45.0 Å². The lowest BCUT2D eigenvalue weighted by Crippen LogP contribution is -2.40. The van der Waals surface area contributed by atoms with Gasteiger partial charge in [-0.25, -0.2) is 14.3 Å². The van der Waals surface area contributed by atoms with Gasteiger partial charge in [-0.3, -0.25) is 14.2 Å². The van der Waals surface area contributed by atoms with Crippen molar-refractivity contribution in [1.82, 2.24) is 14.1 Å². The Hall–Kier alpha value is -3.17. The van der Waals surface area contributed by atoms with Crippen molar-refractivity contribution < 1.29 is 4.79 Å². The fourth-order valence-electron chi connectivity index (χ4n) is 3.56. The summed E-state index contributed by atoms with van der Waals surface area (Å²) in [4.78, 5) is 44.1. The molecule has 0 spiro atoms. The number of thioether (sulfide) groups is 1. The van der Waals surface area contributed by atoms with Crippen LogP contribution in [0.4, 0.5) is 5.69 Å². The molecule has 0 aliphatic heterocycles. The first-order valence-corrected chi connectivity index (χ1v) is 12.0. The Labute approximate surface area is 192 Å². The fraction of sp³-hybridized carbons (Fsp3) is 0.217. The minimum Gasteiger partial charge on any atom is -0.324 e. The van der Waals surface area contributed by atoms with Crippen molar-refractivity contribution in [3.63, 3.8) is 0 Å². The molecule has 7 nitrogen and oxygen atoms in total. The summed E-state index contributed by atoms with van der Waals surface area (Å²) in [5.74, 6) is -0.367. The van der Waals surface area contributed by atoms with Crippen LogP contribution in [0.3, 0.4) is 0 Å². The van der Waals surface area contributed by atoms with E-state index in [2.05, 4.69) is 10.3 Å². The molecule has 2 aromatic heterocycles. The number of benzene rings is 2. The lowest BCUT2D eigenvalue weighted by Gasteiger charge is -2.14. The van der Waals surface area contributed by atoms with Crippen LogP contribution in [0.15, 0.2) is 56.4 Å². The summed E-state index contributed by atoms with van der Waals surface area (Å²) >= 11 is 2.61. The summed E-state index contributed by atoms with van der Waals surface area (Å²) in [6.45, 7) is 5.47. The van der Waals surface area contributed by atoms with Gasteiger partial charge in [0.2, 0.25) is 5.91 Å². The molecule has 0 aliphatic carbocycles. The summed E-state index contributed by atoms with van der Waals surface area (Å²) in [6.07, 6.45) is 1.85. The highest BCUT2D eigenvalue weighted by Gasteiger charge is 2.21. The molecule has 0 bridgehead atoms. The zero-order valence-electron chi connectivity index (χ0n) is 18.1. The quantitative estimate of drug-likeness (QED) is 0.451. The van der Waals surface area contributed by atoms with Crippen LogP contribution in [0, 0.1) is 20.8 Å². The minimum atomic E-state index is -0.592. The van der Waals surface area contributed by atoms with Crippen molar-refractivity contribution in [2.45, 2.75) is 31.7 Å². The molecular formula is C23H22N4O3S2. The Kier molecular flexibility index (Phi) is 6.03. The lowest BCUT2D eigenvalue weighted by atomic mass is 10.1. The Bertz CT molecular complexity index is 1470. The number of hydrogen-bond acceptors (Lipinski definition) is 6. The fourth-order valence-corrected chi connectivity index (χ4v) is 5.05. The molecule has 4 aromatic rings. The Morgan fingerprint density at radius 2 is 1.84 bits per heavy atom. The van der Waals surface area contributed by atoms with Gasteiger partial charge >= 0.3 is 5.69 Å². The van der Waals surface area contributed by atoms with Crippen LogP contribution in [0.5, 0.6) is 0 Å². The van der Waals surface area contributed by atoms with E-state index in [1.807, 2.05) is 57.4 Å². The normalized spacial score (nSPS) is 11.1. The van der Waals surface area contributed by atoms with Crippen molar-refractivity contribution in [2.24, 2.45) is 0 Å². The van der Waals surface area contributed by atoms with Gasteiger partial charge in [0, 0.05) is 5.69 Å². The maximum absolute atomic E-state index is 13.5. The molecule has 2 aromatic carbocycles. The predicted molar refractivity (Wildman–Crippen MR) is 131 cm³/mol. The van der Waals surface area contributed by atoms with Gasteiger partial charge < -0.3 is 5.32 Å². The average molecular weight is 467 g/mol. The van der Waals surface area contributed by atoms with E-state index < -0.39 is 11.2 Å². The number of hydrogen-bond donors (Lipinski definition) is 1. The first-order valence-electron chi connectivity index (χ1n) is 9.93. The van der Waals surface area contributed by atoms with Crippen molar-refractivity contribution in [1.29, 1.82) is 0 Å². The smallest absolute Gasteiger partial charge is 0.324 e. The van der Waals surface area contributed by atoms with Gasteiger partial charge in [0.15, 0.2) is 9.99 Å². The molecular weight excluding hydrogens is 444 g/mol. The van der Waals surface area contributed by atoms with Crippen LogP contribution >= 0.6 is 23.1 Å². The molecule has 0 saturated heterocycles. The summed E-state index contributed by atoms with van der Waals surface area (Å²) in [5, 5.41) is 2.87. The van der Waals surface area contributed by atoms with E-state index in [1.54, 1.807) is 12.1 Å². The number of para-hydroxylation sites is 1. The zero-order valence-corrected chi connectivity index (χ0v) is 19.8. The zero-order chi connectivity index (χ0) is 23.0.